The number of aromatic amines is 1. The summed E-state index contributed by atoms with van der Waals surface area (Å²) < 4.78 is 23.0. The van der Waals surface area contributed by atoms with Gasteiger partial charge in [0.1, 0.15) is 0 Å². The topological polar surface area (TPSA) is 87.2 Å². The van der Waals surface area contributed by atoms with Crippen molar-refractivity contribution in [2.24, 2.45) is 0 Å². The van der Waals surface area contributed by atoms with Gasteiger partial charge in [0.2, 0.25) is 0 Å². The molecule has 16 heavy (non-hydrogen) atoms. The zero-order valence-electron chi connectivity index (χ0n) is 8.39. The molecule has 1 heterocycles. The van der Waals surface area contributed by atoms with Crippen molar-refractivity contribution in [3.8, 4) is 0 Å². The molecule has 0 aliphatic heterocycles. The number of nitrogens with one attached hydrogen (secondary N) is 1. The lowest BCUT2D eigenvalue weighted by Crippen LogP contribution is -2.01. The summed E-state index contributed by atoms with van der Waals surface area (Å²) in [5.41, 5.74) is 0.469. The molecule has 5 nitrogen and oxygen atoms in total. The Bertz CT molecular complexity index is 669. The van der Waals surface area contributed by atoms with Crippen molar-refractivity contribution >= 4 is 26.7 Å². The molecule has 0 aliphatic rings. The van der Waals surface area contributed by atoms with Crippen LogP contribution >= 0.6 is 0 Å². The molecule has 2 rings (SSSR count). The Hall–Kier alpha value is -1.82. The number of hydrogen-bond acceptors (Lipinski definition) is 3. The predicted octanol–water partition coefficient (Wildman–Crippen LogP) is 1.27. The standard InChI is InChI=1S/C10H9NO4S/c1-16(14,15)8-4-2-3-7-9(8)6(5-11-7)10(12)13/h2-5,11H,1H3,(H,12,13). The van der Waals surface area contributed by atoms with Crippen LogP contribution in [0.3, 0.4) is 0 Å². The van der Waals surface area contributed by atoms with E-state index in [2.05, 4.69) is 4.98 Å². The maximum absolute atomic E-state index is 11.5. The van der Waals surface area contributed by atoms with Gasteiger partial charge in [0.15, 0.2) is 9.84 Å². The second-order valence-electron chi connectivity index (χ2n) is 3.46. The minimum Gasteiger partial charge on any atom is -0.478 e. The second-order valence-corrected chi connectivity index (χ2v) is 5.44. The van der Waals surface area contributed by atoms with Crippen LogP contribution in [-0.2, 0) is 9.84 Å². The van der Waals surface area contributed by atoms with Crippen LogP contribution in [0, 0.1) is 0 Å². The van der Waals surface area contributed by atoms with E-state index in [4.69, 9.17) is 5.11 Å². The molecule has 0 saturated heterocycles. The first-order chi connectivity index (χ1) is 7.41. The number of aromatic carboxylic acids is 1. The van der Waals surface area contributed by atoms with Crippen molar-refractivity contribution in [1.82, 2.24) is 4.98 Å². The van der Waals surface area contributed by atoms with Gasteiger partial charge in [0.25, 0.3) is 0 Å². The number of hydrogen-bond donors (Lipinski definition) is 2. The number of fused-ring (bicyclic) bond motifs is 1. The Morgan fingerprint density at radius 3 is 2.62 bits per heavy atom. The number of carboxylic acid groups (broad SMARTS) is 1. The highest BCUT2D eigenvalue weighted by Gasteiger charge is 2.18. The second kappa shape index (κ2) is 3.34. The van der Waals surface area contributed by atoms with E-state index in [0.29, 0.717) is 5.52 Å². The van der Waals surface area contributed by atoms with Crippen LogP contribution in [0.25, 0.3) is 10.9 Å². The van der Waals surface area contributed by atoms with E-state index in [1.54, 1.807) is 12.1 Å². The molecular formula is C10H9NO4S. The number of benzene rings is 1. The van der Waals surface area contributed by atoms with Crippen molar-refractivity contribution in [2.75, 3.05) is 6.26 Å². The normalized spacial score (nSPS) is 11.8. The third-order valence-corrected chi connectivity index (χ3v) is 3.44. The van der Waals surface area contributed by atoms with Gasteiger partial charge >= 0.3 is 5.97 Å². The van der Waals surface area contributed by atoms with Gasteiger partial charge in [-0.15, -0.1) is 0 Å². The molecule has 0 unspecified atom stereocenters. The molecule has 0 bridgehead atoms. The number of aromatic nitrogens is 1. The van der Waals surface area contributed by atoms with Gasteiger partial charge in [-0.25, -0.2) is 13.2 Å². The quantitative estimate of drug-likeness (QED) is 0.826. The minimum absolute atomic E-state index is 0.0312. The van der Waals surface area contributed by atoms with Crippen LogP contribution in [0.2, 0.25) is 0 Å². The molecule has 2 N–H and O–H groups in total. The first-order valence-corrected chi connectivity index (χ1v) is 6.34. The molecule has 0 atom stereocenters. The summed E-state index contributed by atoms with van der Waals surface area (Å²) in [5, 5.41) is 9.18. The molecule has 2 aromatic rings. The summed E-state index contributed by atoms with van der Waals surface area (Å²) >= 11 is 0. The molecule has 0 fully saturated rings. The van der Waals surface area contributed by atoms with E-state index in [9.17, 15) is 13.2 Å². The van der Waals surface area contributed by atoms with Crippen LogP contribution in [-0.4, -0.2) is 30.7 Å². The maximum Gasteiger partial charge on any atom is 0.337 e. The lowest BCUT2D eigenvalue weighted by atomic mass is 10.2. The molecular weight excluding hydrogens is 230 g/mol. The van der Waals surface area contributed by atoms with E-state index in [1.165, 1.54) is 12.3 Å². The van der Waals surface area contributed by atoms with E-state index in [1.807, 2.05) is 0 Å². The van der Waals surface area contributed by atoms with Crippen LogP contribution in [0.4, 0.5) is 0 Å². The monoisotopic (exact) mass is 239 g/mol. The molecule has 0 radical (unpaired) electrons. The maximum atomic E-state index is 11.5. The van der Waals surface area contributed by atoms with Crippen molar-refractivity contribution in [3.05, 3.63) is 30.0 Å². The fourth-order valence-electron chi connectivity index (χ4n) is 1.63. The summed E-state index contributed by atoms with van der Waals surface area (Å²) in [4.78, 5) is 13.7. The fraction of sp³-hybridized carbons (Fsp3) is 0.100. The third kappa shape index (κ3) is 1.57. The van der Waals surface area contributed by atoms with Gasteiger partial charge in [0, 0.05) is 23.4 Å². The average Bonchev–Trinajstić information content (AvgIpc) is 2.58. The lowest BCUT2D eigenvalue weighted by Gasteiger charge is -2.01. The van der Waals surface area contributed by atoms with Crippen molar-refractivity contribution in [3.63, 3.8) is 0 Å². The smallest absolute Gasteiger partial charge is 0.337 e. The molecule has 0 saturated carbocycles. The highest BCUT2D eigenvalue weighted by atomic mass is 32.2. The fourth-order valence-corrected chi connectivity index (χ4v) is 2.55. The largest absolute Gasteiger partial charge is 0.478 e. The summed E-state index contributed by atoms with van der Waals surface area (Å²) in [7, 11) is -3.44. The van der Waals surface area contributed by atoms with Gasteiger partial charge in [-0.3, -0.25) is 0 Å². The Morgan fingerprint density at radius 1 is 1.38 bits per heavy atom. The lowest BCUT2D eigenvalue weighted by molar-refractivity contribution is 0.0699. The van der Waals surface area contributed by atoms with Crippen LogP contribution in [0.15, 0.2) is 29.3 Å². The van der Waals surface area contributed by atoms with Crippen LogP contribution in [0.5, 0.6) is 0 Å². The van der Waals surface area contributed by atoms with Crippen molar-refractivity contribution in [1.29, 1.82) is 0 Å². The van der Waals surface area contributed by atoms with Gasteiger partial charge in [-0.2, -0.15) is 0 Å². The molecule has 0 amide bonds. The summed E-state index contributed by atoms with van der Waals surface area (Å²) in [5.74, 6) is -1.15. The zero-order chi connectivity index (χ0) is 11.9. The predicted molar refractivity (Wildman–Crippen MR) is 58.4 cm³/mol. The van der Waals surface area contributed by atoms with E-state index in [-0.39, 0.29) is 15.8 Å². The highest BCUT2D eigenvalue weighted by molar-refractivity contribution is 7.91. The number of H-pyrrole nitrogens is 1. The Morgan fingerprint density at radius 2 is 2.06 bits per heavy atom. The third-order valence-electron chi connectivity index (χ3n) is 2.30. The summed E-state index contributed by atoms with van der Waals surface area (Å²) in [6.45, 7) is 0. The Balaban J connectivity index is 2.95. The van der Waals surface area contributed by atoms with E-state index in [0.717, 1.165) is 6.26 Å². The SMILES string of the molecule is CS(=O)(=O)c1cccc2[nH]cc(C(=O)O)c12. The van der Waals surface area contributed by atoms with E-state index >= 15 is 0 Å². The molecule has 6 heteroatoms. The van der Waals surface area contributed by atoms with Crippen LogP contribution < -0.4 is 0 Å². The number of carbonyl (C=O) groups is 1. The zero-order valence-corrected chi connectivity index (χ0v) is 9.21. The Labute approximate surface area is 91.6 Å². The first-order valence-electron chi connectivity index (χ1n) is 4.44. The molecule has 1 aromatic heterocycles. The first kappa shape index (κ1) is 10.7. The van der Waals surface area contributed by atoms with Gasteiger partial charge in [-0.05, 0) is 12.1 Å². The molecule has 0 spiro atoms. The molecule has 1 aromatic carbocycles. The minimum atomic E-state index is -3.44. The van der Waals surface area contributed by atoms with E-state index < -0.39 is 15.8 Å². The highest BCUT2D eigenvalue weighted by Crippen LogP contribution is 2.26. The van der Waals surface area contributed by atoms with Gasteiger partial charge < -0.3 is 10.1 Å². The van der Waals surface area contributed by atoms with Crippen molar-refractivity contribution < 1.29 is 18.3 Å². The van der Waals surface area contributed by atoms with Crippen molar-refractivity contribution in [2.45, 2.75) is 4.90 Å². The van der Waals surface area contributed by atoms with Gasteiger partial charge in [-0.1, -0.05) is 6.07 Å². The Kier molecular flexibility index (Phi) is 2.23. The molecule has 0 aliphatic carbocycles. The van der Waals surface area contributed by atoms with Gasteiger partial charge in [0.05, 0.1) is 10.5 Å². The summed E-state index contributed by atoms with van der Waals surface area (Å²) in [6, 6.07) is 4.61. The number of sulfone groups is 1. The summed E-state index contributed by atoms with van der Waals surface area (Å²) in [6.07, 6.45) is 2.35. The molecule has 84 valence electrons. The number of carboxylic acids is 1. The average molecular weight is 239 g/mol. The number of rotatable bonds is 2. The van der Waals surface area contributed by atoms with Crippen LogP contribution in [0.1, 0.15) is 10.4 Å².